The van der Waals surface area contributed by atoms with Crippen molar-refractivity contribution in [3.05, 3.63) is 70.2 Å². The molecule has 0 unspecified atom stereocenters. The second-order valence-electron chi connectivity index (χ2n) is 6.89. The first-order chi connectivity index (χ1) is 12.4. The Morgan fingerprint density at radius 1 is 1.12 bits per heavy atom. The summed E-state index contributed by atoms with van der Waals surface area (Å²) in [6, 6.07) is 18.4. The van der Waals surface area contributed by atoms with E-state index in [0.717, 1.165) is 22.4 Å². The number of amides is 1. The Morgan fingerprint density at radius 3 is 2.46 bits per heavy atom. The molecular weight excluding hydrogens is 408 g/mol. The maximum Gasteiger partial charge on any atom is 0.250 e. The highest BCUT2D eigenvalue weighted by molar-refractivity contribution is 9.10. The third-order valence-electron chi connectivity index (χ3n) is 4.07. The topological polar surface area (TPSA) is 41.5 Å². The summed E-state index contributed by atoms with van der Waals surface area (Å²) in [5.74, 6) is 1.11. The molecular formula is C21H25BrN2OS. The van der Waals surface area contributed by atoms with E-state index in [0.29, 0.717) is 5.75 Å². The van der Waals surface area contributed by atoms with Gasteiger partial charge in [-0.05, 0) is 36.0 Å². The Balaban J connectivity index is 1.79. The first-order valence-electron chi connectivity index (χ1n) is 8.57. The molecule has 2 aromatic carbocycles. The van der Waals surface area contributed by atoms with Gasteiger partial charge in [0.05, 0.1) is 5.75 Å². The molecule has 0 aliphatic heterocycles. The Hall–Kier alpha value is -1.59. The van der Waals surface area contributed by atoms with Gasteiger partial charge < -0.3 is 0 Å². The molecule has 0 saturated heterocycles. The van der Waals surface area contributed by atoms with E-state index < -0.39 is 0 Å². The lowest BCUT2D eigenvalue weighted by Crippen LogP contribution is -2.25. The van der Waals surface area contributed by atoms with E-state index in [2.05, 4.69) is 58.5 Å². The summed E-state index contributed by atoms with van der Waals surface area (Å²) in [5.41, 5.74) is 6.03. The molecule has 26 heavy (non-hydrogen) atoms. The lowest BCUT2D eigenvalue weighted by Gasteiger charge is -2.25. The van der Waals surface area contributed by atoms with Crippen molar-refractivity contribution in [3.8, 4) is 0 Å². The molecule has 0 fully saturated rings. The largest absolute Gasteiger partial charge is 0.272 e. The fraction of sp³-hybridized carbons (Fsp3) is 0.333. The Morgan fingerprint density at radius 2 is 1.77 bits per heavy atom. The fourth-order valence-corrected chi connectivity index (χ4v) is 4.16. The van der Waals surface area contributed by atoms with Crippen LogP contribution in [-0.4, -0.2) is 17.4 Å². The molecule has 0 bridgehead atoms. The van der Waals surface area contributed by atoms with Gasteiger partial charge in [0, 0.05) is 15.9 Å². The Labute approximate surface area is 168 Å². The highest BCUT2D eigenvalue weighted by Gasteiger charge is 2.21. The molecule has 138 valence electrons. The van der Waals surface area contributed by atoms with E-state index in [1.165, 1.54) is 11.1 Å². The predicted molar refractivity (Wildman–Crippen MR) is 116 cm³/mol. The van der Waals surface area contributed by atoms with Gasteiger partial charge in [-0.2, -0.15) is 5.10 Å². The van der Waals surface area contributed by atoms with Crippen molar-refractivity contribution in [2.45, 2.75) is 38.4 Å². The van der Waals surface area contributed by atoms with E-state index in [4.69, 9.17) is 0 Å². The number of hydrogen-bond donors (Lipinski definition) is 1. The highest BCUT2D eigenvalue weighted by atomic mass is 79.9. The molecule has 5 heteroatoms. The van der Waals surface area contributed by atoms with Crippen LogP contribution in [0.25, 0.3) is 0 Å². The molecule has 0 aliphatic carbocycles. The summed E-state index contributed by atoms with van der Waals surface area (Å²) in [4.78, 5) is 12.0. The molecule has 3 nitrogen and oxygen atoms in total. The van der Waals surface area contributed by atoms with Crippen LogP contribution in [0.15, 0.2) is 64.2 Å². The van der Waals surface area contributed by atoms with E-state index in [1.807, 2.05) is 43.3 Å². The number of nitrogens with zero attached hydrogens (tertiary/aromatic N) is 1. The van der Waals surface area contributed by atoms with Gasteiger partial charge in [-0.3, -0.25) is 4.79 Å². The number of halogens is 1. The van der Waals surface area contributed by atoms with Crippen LogP contribution >= 0.6 is 27.7 Å². The molecule has 0 atom stereocenters. The van der Waals surface area contributed by atoms with Gasteiger partial charge in [-0.1, -0.05) is 78.3 Å². The van der Waals surface area contributed by atoms with Gasteiger partial charge in [-0.25, -0.2) is 5.43 Å². The molecule has 0 aliphatic rings. The summed E-state index contributed by atoms with van der Waals surface area (Å²) in [7, 11) is 0. The van der Waals surface area contributed by atoms with Gasteiger partial charge in [0.15, 0.2) is 0 Å². The minimum atomic E-state index is -0.0704. The maximum atomic E-state index is 12.0. The van der Waals surface area contributed by atoms with E-state index in [9.17, 15) is 4.79 Å². The van der Waals surface area contributed by atoms with Crippen LogP contribution in [-0.2, 0) is 16.0 Å². The number of hydrogen-bond acceptors (Lipinski definition) is 3. The van der Waals surface area contributed by atoms with Crippen LogP contribution in [0, 0.1) is 0 Å². The van der Waals surface area contributed by atoms with Crippen LogP contribution in [0.4, 0.5) is 0 Å². The molecule has 0 radical (unpaired) electrons. The average molecular weight is 433 g/mol. The number of thioether (sulfide) groups is 1. The normalized spacial score (nSPS) is 12.1. The first kappa shape index (κ1) is 20.7. The van der Waals surface area contributed by atoms with Crippen LogP contribution in [0.5, 0.6) is 0 Å². The number of benzene rings is 2. The minimum absolute atomic E-state index is 0.0199. The molecule has 0 spiro atoms. The SMILES string of the molecule is CC(CC(C)(C)c1ccccc1)=NNC(=O)CSCc1ccccc1Br. The van der Waals surface area contributed by atoms with E-state index >= 15 is 0 Å². The number of carbonyl (C=O) groups excluding carboxylic acids is 1. The van der Waals surface area contributed by atoms with Crippen LogP contribution < -0.4 is 5.43 Å². The molecule has 1 amide bonds. The van der Waals surface area contributed by atoms with Crippen molar-refractivity contribution in [1.29, 1.82) is 0 Å². The van der Waals surface area contributed by atoms with E-state index in [-0.39, 0.29) is 11.3 Å². The maximum absolute atomic E-state index is 12.0. The van der Waals surface area contributed by atoms with Gasteiger partial charge in [0.1, 0.15) is 0 Å². The highest BCUT2D eigenvalue weighted by Crippen LogP contribution is 2.27. The predicted octanol–water partition coefficient (Wildman–Crippen LogP) is 5.54. The monoisotopic (exact) mass is 432 g/mol. The zero-order chi connectivity index (χ0) is 19.0. The van der Waals surface area contributed by atoms with Crippen molar-refractivity contribution in [2.75, 3.05) is 5.75 Å². The molecule has 2 aromatic rings. The molecule has 0 heterocycles. The number of hydrazone groups is 1. The summed E-state index contributed by atoms with van der Waals surface area (Å²) < 4.78 is 1.07. The van der Waals surface area contributed by atoms with Gasteiger partial charge >= 0.3 is 0 Å². The van der Waals surface area contributed by atoms with Crippen molar-refractivity contribution < 1.29 is 4.79 Å². The number of carbonyl (C=O) groups is 1. The summed E-state index contributed by atoms with van der Waals surface area (Å²) in [6.45, 7) is 6.34. The second kappa shape index (κ2) is 9.93. The molecule has 1 N–H and O–H groups in total. The Kier molecular flexibility index (Phi) is 7.91. The van der Waals surface area contributed by atoms with Crippen LogP contribution in [0.2, 0.25) is 0 Å². The second-order valence-corrected chi connectivity index (χ2v) is 8.73. The summed E-state index contributed by atoms with van der Waals surface area (Å²) >= 11 is 5.10. The lowest BCUT2D eigenvalue weighted by atomic mass is 9.80. The van der Waals surface area contributed by atoms with Crippen LogP contribution in [0.3, 0.4) is 0 Å². The number of rotatable bonds is 8. The van der Waals surface area contributed by atoms with E-state index in [1.54, 1.807) is 11.8 Å². The number of nitrogens with one attached hydrogen (secondary N) is 1. The first-order valence-corrected chi connectivity index (χ1v) is 10.5. The average Bonchev–Trinajstić information content (AvgIpc) is 2.62. The Bertz CT molecular complexity index is 760. The van der Waals surface area contributed by atoms with Crippen molar-refractivity contribution >= 4 is 39.3 Å². The molecule has 2 rings (SSSR count). The van der Waals surface area contributed by atoms with Gasteiger partial charge in [-0.15, -0.1) is 11.8 Å². The summed E-state index contributed by atoms with van der Waals surface area (Å²) in [5, 5.41) is 4.27. The molecule has 0 saturated carbocycles. The zero-order valence-electron chi connectivity index (χ0n) is 15.5. The quantitative estimate of drug-likeness (QED) is 0.439. The fourth-order valence-electron chi connectivity index (χ4n) is 2.73. The summed E-state index contributed by atoms with van der Waals surface area (Å²) in [6.07, 6.45) is 0.793. The third-order valence-corrected chi connectivity index (χ3v) is 5.83. The minimum Gasteiger partial charge on any atom is -0.272 e. The van der Waals surface area contributed by atoms with Crippen molar-refractivity contribution in [3.63, 3.8) is 0 Å². The van der Waals surface area contributed by atoms with Crippen LogP contribution in [0.1, 0.15) is 38.3 Å². The van der Waals surface area contributed by atoms with Gasteiger partial charge in [0.25, 0.3) is 0 Å². The third kappa shape index (κ3) is 6.61. The molecule has 0 aromatic heterocycles. The smallest absolute Gasteiger partial charge is 0.250 e. The standard InChI is InChI=1S/C21H25BrN2OS/c1-16(13-21(2,3)18-10-5-4-6-11-18)23-24-20(25)15-26-14-17-9-7-8-12-19(17)22/h4-12H,13-15H2,1-3H3,(H,24,25). The lowest BCUT2D eigenvalue weighted by molar-refractivity contribution is -0.118. The van der Waals surface area contributed by atoms with Crippen molar-refractivity contribution in [1.82, 2.24) is 5.43 Å². The van der Waals surface area contributed by atoms with Crippen molar-refractivity contribution in [2.24, 2.45) is 5.10 Å². The van der Waals surface area contributed by atoms with Gasteiger partial charge in [0.2, 0.25) is 5.91 Å². The zero-order valence-corrected chi connectivity index (χ0v) is 17.9.